The van der Waals surface area contributed by atoms with Crippen LogP contribution in [0.3, 0.4) is 0 Å². The van der Waals surface area contributed by atoms with Crippen LogP contribution in [0.4, 0.5) is 5.69 Å². The number of carboxylic acid groups (broad SMARTS) is 1. The summed E-state index contributed by atoms with van der Waals surface area (Å²) in [5, 5.41) is 18.3. The van der Waals surface area contributed by atoms with Crippen LogP contribution in [0, 0.1) is 16.7 Å². The van der Waals surface area contributed by atoms with Gasteiger partial charge in [-0.15, -0.1) is 0 Å². The van der Waals surface area contributed by atoms with Gasteiger partial charge in [-0.2, -0.15) is 5.26 Å². The second-order valence-electron chi connectivity index (χ2n) is 5.99. The van der Waals surface area contributed by atoms with Crippen molar-refractivity contribution in [2.24, 2.45) is 5.41 Å². The van der Waals surface area contributed by atoms with Gasteiger partial charge in [0.05, 0.1) is 11.5 Å². The number of nitriles is 1. The molecule has 0 amide bonds. The second-order valence-corrected chi connectivity index (χ2v) is 5.99. The van der Waals surface area contributed by atoms with Crippen LogP contribution in [0.15, 0.2) is 24.3 Å². The lowest BCUT2D eigenvalue weighted by Gasteiger charge is -2.22. The summed E-state index contributed by atoms with van der Waals surface area (Å²) in [5.74, 6) is -1.20. The van der Waals surface area contributed by atoms with E-state index in [1.165, 1.54) is 0 Å². The molecule has 4 heteroatoms. The number of hydrogen-bond acceptors (Lipinski definition) is 3. The number of rotatable bonds is 5. The molecule has 0 aliphatic carbocycles. The first-order valence-corrected chi connectivity index (χ1v) is 6.92. The van der Waals surface area contributed by atoms with Crippen LogP contribution in [0.2, 0.25) is 0 Å². The molecule has 0 spiro atoms. The van der Waals surface area contributed by atoms with E-state index in [0.29, 0.717) is 6.54 Å². The summed E-state index contributed by atoms with van der Waals surface area (Å²) in [7, 11) is 0. The molecule has 1 atom stereocenters. The number of nitrogens with zero attached hydrogens (tertiary/aromatic N) is 2. The van der Waals surface area contributed by atoms with Crippen LogP contribution in [0.25, 0.3) is 0 Å². The van der Waals surface area contributed by atoms with Crippen LogP contribution in [0.5, 0.6) is 0 Å². The lowest BCUT2D eigenvalue weighted by molar-refractivity contribution is -0.138. The summed E-state index contributed by atoms with van der Waals surface area (Å²) >= 11 is 0. The standard InChI is InChI=1S/C16H20N2O2/c1-16(2,11-17)8-5-9-18-10-13(15(19)20)12-6-3-4-7-14(12)18/h3-4,6-7,13H,5,8-10H2,1-2H3,(H,19,20). The van der Waals surface area contributed by atoms with E-state index in [-0.39, 0.29) is 5.41 Å². The fraction of sp³-hybridized carbons (Fsp3) is 0.500. The Bertz CT molecular complexity index is 546. The van der Waals surface area contributed by atoms with E-state index in [0.717, 1.165) is 30.6 Å². The van der Waals surface area contributed by atoms with Gasteiger partial charge in [0.2, 0.25) is 0 Å². The molecule has 1 unspecified atom stereocenters. The molecule has 20 heavy (non-hydrogen) atoms. The zero-order valence-electron chi connectivity index (χ0n) is 12.0. The molecule has 1 aliphatic heterocycles. The Labute approximate surface area is 119 Å². The predicted molar refractivity (Wildman–Crippen MR) is 77.7 cm³/mol. The molecule has 1 aliphatic rings. The predicted octanol–water partition coefficient (Wildman–Crippen LogP) is 3.00. The molecule has 1 aromatic carbocycles. The van der Waals surface area contributed by atoms with Gasteiger partial charge >= 0.3 is 5.97 Å². The summed E-state index contributed by atoms with van der Waals surface area (Å²) < 4.78 is 0. The molecule has 1 heterocycles. The number of hydrogen-bond donors (Lipinski definition) is 1. The molecule has 0 aromatic heterocycles. The highest BCUT2D eigenvalue weighted by molar-refractivity contribution is 5.82. The van der Waals surface area contributed by atoms with Crippen molar-refractivity contribution < 1.29 is 9.90 Å². The number of benzene rings is 1. The molecule has 2 rings (SSSR count). The van der Waals surface area contributed by atoms with Crippen LogP contribution in [0.1, 0.15) is 38.2 Å². The zero-order chi connectivity index (χ0) is 14.8. The molecular weight excluding hydrogens is 252 g/mol. The summed E-state index contributed by atoms with van der Waals surface area (Å²) in [4.78, 5) is 13.4. The van der Waals surface area contributed by atoms with Crippen molar-refractivity contribution in [3.05, 3.63) is 29.8 Å². The Morgan fingerprint density at radius 3 is 2.85 bits per heavy atom. The van der Waals surface area contributed by atoms with E-state index in [4.69, 9.17) is 5.26 Å². The first kappa shape index (κ1) is 14.4. The number of fused-ring (bicyclic) bond motifs is 1. The number of carbonyl (C=O) groups is 1. The van der Waals surface area contributed by atoms with Crippen LogP contribution >= 0.6 is 0 Å². The fourth-order valence-corrected chi connectivity index (χ4v) is 2.68. The number of carboxylic acids is 1. The van der Waals surface area contributed by atoms with E-state index in [1.807, 2.05) is 38.1 Å². The highest BCUT2D eigenvalue weighted by Gasteiger charge is 2.33. The lowest BCUT2D eigenvalue weighted by Crippen LogP contribution is -2.26. The maximum absolute atomic E-state index is 11.3. The molecule has 1 N–H and O–H groups in total. The van der Waals surface area contributed by atoms with Gasteiger partial charge in [-0.3, -0.25) is 4.79 Å². The molecule has 0 radical (unpaired) electrons. The summed E-state index contributed by atoms with van der Waals surface area (Å²) in [6.07, 6.45) is 1.71. The van der Waals surface area contributed by atoms with Crippen molar-refractivity contribution >= 4 is 11.7 Å². The van der Waals surface area contributed by atoms with E-state index in [9.17, 15) is 9.90 Å². The Balaban J connectivity index is 2.05. The molecule has 106 valence electrons. The minimum Gasteiger partial charge on any atom is -0.481 e. The number of anilines is 1. The maximum atomic E-state index is 11.3. The summed E-state index contributed by atoms with van der Waals surface area (Å²) in [6.45, 7) is 5.20. The molecule has 0 bridgehead atoms. The SMILES string of the molecule is CC(C)(C#N)CCCN1CC(C(=O)O)c2ccccc21. The third kappa shape index (κ3) is 2.93. The van der Waals surface area contributed by atoms with Crippen LogP contribution in [-0.2, 0) is 4.79 Å². The van der Waals surface area contributed by atoms with E-state index in [1.54, 1.807) is 0 Å². The molecule has 4 nitrogen and oxygen atoms in total. The molecule has 1 aromatic rings. The van der Waals surface area contributed by atoms with Gasteiger partial charge < -0.3 is 10.0 Å². The Kier molecular flexibility index (Phi) is 3.99. The van der Waals surface area contributed by atoms with Crippen molar-refractivity contribution in [2.75, 3.05) is 18.0 Å². The van der Waals surface area contributed by atoms with Gasteiger partial charge in [-0.05, 0) is 38.3 Å². The average molecular weight is 272 g/mol. The van der Waals surface area contributed by atoms with E-state index in [2.05, 4.69) is 11.0 Å². The number of aliphatic carboxylic acids is 1. The molecular formula is C16H20N2O2. The van der Waals surface area contributed by atoms with Gasteiger partial charge in [-0.1, -0.05) is 18.2 Å². The summed E-state index contributed by atoms with van der Waals surface area (Å²) in [5.41, 5.74) is 1.61. The highest BCUT2D eigenvalue weighted by atomic mass is 16.4. The van der Waals surface area contributed by atoms with Crippen molar-refractivity contribution in [3.8, 4) is 6.07 Å². The molecule has 0 fully saturated rings. The third-order valence-electron chi connectivity index (χ3n) is 3.89. The monoisotopic (exact) mass is 272 g/mol. The Morgan fingerprint density at radius 1 is 1.50 bits per heavy atom. The molecule has 0 saturated carbocycles. The molecule has 0 saturated heterocycles. The zero-order valence-corrected chi connectivity index (χ0v) is 12.0. The largest absolute Gasteiger partial charge is 0.481 e. The lowest BCUT2D eigenvalue weighted by atomic mass is 9.90. The van der Waals surface area contributed by atoms with Gasteiger partial charge in [-0.25, -0.2) is 0 Å². The van der Waals surface area contributed by atoms with Crippen LogP contribution in [-0.4, -0.2) is 24.2 Å². The van der Waals surface area contributed by atoms with E-state index < -0.39 is 11.9 Å². The Hall–Kier alpha value is -2.02. The van der Waals surface area contributed by atoms with Crippen LogP contribution < -0.4 is 4.90 Å². The van der Waals surface area contributed by atoms with Gasteiger partial charge in [0.25, 0.3) is 0 Å². The number of para-hydroxylation sites is 1. The maximum Gasteiger partial charge on any atom is 0.312 e. The normalized spacial score (nSPS) is 17.6. The first-order valence-electron chi connectivity index (χ1n) is 6.92. The van der Waals surface area contributed by atoms with Gasteiger partial charge in [0, 0.05) is 18.8 Å². The topological polar surface area (TPSA) is 64.3 Å². The van der Waals surface area contributed by atoms with Gasteiger partial charge in [0.15, 0.2) is 0 Å². The second kappa shape index (κ2) is 5.54. The quantitative estimate of drug-likeness (QED) is 0.895. The van der Waals surface area contributed by atoms with Crippen molar-refractivity contribution in [2.45, 2.75) is 32.6 Å². The average Bonchev–Trinajstić information content (AvgIpc) is 2.78. The third-order valence-corrected chi connectivity index (χ3v) is 3.89. The minimum atomic E-state index is -0.766. The Morgan fingerprint density at radius 2 is 2.20 bits per heavy atom. The smallest absolute Gasteiger partial charge is 0.312 e. The van der Waals surface area contributed by atoms with Gasteiger partial charge in [0.1, 0.15) is 5.92 Å². The van der Waals surface area contributed by atoms with E-state index >= 15 is 0 Å². The minimum absolute atomic E-state index is 0.314. The van der Waals surface area contributed by atoms with Crippen molar-refractivity contribution in [1.29, 1.82) is 5.26 Å². The summed E-state index contributed by atoms with van der Waals surface area (Å²) in [6, 6.07) is 10.0. The highest BCUT2D eigenvalue weighted by Crippen LogP contribution is 2.36. The first-order chi connectivity index (χ1) is 9.44. The van der Waals surface area contributed by atoms with Crippen molar-refractivity contribution in [1.82, 2.24) is 0 Å². The fourth-order valence-electron chi connectivity index (χ4n) is 2.68. The van der Waals surface area contributed by atoms with Crippen molar-refractivity contribution in [3.63, 3.8) is 0 Å².